The number of aryl methyl sites for hydroxylation is 1. The van der Waals surface area contributed by atoms with E-state index >= 15 is 0 Å². The monoisotopic (exact) mass is 465 g/mol. The Bertz CT molecular complexity index is 864. The first-order valence-electron chi connectivity index (χ1n) is 6.77. The SMILES string of the molecule is O=S(=O)(c1c(Br)cc(F)cc1Br)N1CCCc2cccc(F)c21. The maximum Gasteiger partial charge on any atom is 0.266 e. The highest BCUT2D eigenvalue weighted by atomic mass is 79.9. The Hall–Kier alpha value is -0.990. The predicted molar refractivity (Wildman–Crippen MR) is 91.1 cm³/mol. The van der Waals surface area contributed by atoms with Crippen LogP contribution in [0.25, 0.3) is 0 Å². The van der Waals surface area contributed by atoms with Gasteiger partial charge in [0.25, 0.3) is 10.0 Å². The lowest BCUT2D eigenvalue weighted by atomic mass is 10.0. The van der Waals surface area contributed by atoms with E-state index in [9.17, 15) is 17.2 Å². The topological polar surface area (TPSA) is 37.4 Å². The molecule has 0 unspecified atom stereocenters. The van der Waals surface area contributed by atoms with Crippen molar-refractivity contribution in [1.29, 1.82) is 0 Å². The van der Waals surface area contributed by atoms with Crippen LogP contribution in [0.15, 0.2) is 44.2 Å². The molecule has 1 heterocycles. The zero-order valence-electron chi connectivity index (χ0n) is 11.7. The largest absolute Gasteiger partial charge is 0.266 e. The molecule has 0 saturated carbocycles. The minimum atomic E-state index is -4.04. The van der Waals surface area contributed by atoms with Crippen molar-refractivity contribution in [2.24, 2.45) is 0 Å². The fourth-order valence-electron chi connectivity index (χ4n) is 2.69. The normalized spacial score (nSPS) is 14.7. The smallest absolute Gasteiger partial charge is 0.263 e. The van der Waals surface area contributed by atoms with Crippen molar-refractivity contribution in [3.63, 3.8) is 0 Å². The molecule has 8 heteroatoms. The molecule has 3 nitrogen and oxygen atoms in total. The van der Waals surface area contributed by atoms with Crippen LogP contribution in [0.5, 0.6) is 0 Å². The van der Waals surface area contributed by atoms with Crippen molar-refractivity contribution in [1.82, 2.24) is 0 Å². The Kier molecular flexibility index (Phi) is 4.50. The van der Waals surface area contributed by atoms with Crippen LogP contribution in [0.2, 0.25) is 0 Å². The maximum atomic E-state index is 14.2. The van der Waals surface area contributed by atoms with Crippen molar-refractivity contribution in [3.05, 3.63) is 56.5 Å². The van der Waals surface area contributed by atoms with E-state index in [0.717, 1.165) is 16.4 Å². The average molecular weight is 467 g/mol. The third-order valence-corrected chi connectivity index (χ3v) is 7.32. The van der Waals surface area contributed by atoms with Gasteiger partial charge in [-0.1, -0.05) is 12.1 Å². The van der Waals surface area contributed by atoms with E-state index in [4.69, 9.17) is 0 Å². The van der Waals surface area contributed by atoms with E-state index in [1.807, 2.05) is 0 Å². The van der Waals surface area contributed by atoms with E-state index in [1.54, 1.807) is 12.1 Å². The molecule has 2 aromatic carbocycles. The number of hydrogen-bond acceptors (Lipinski definition) is 2. The minimum Gasteiger partial charge on any atom is -0.263 e. The summed E-state index contributed by atoms with van der Waals surface area (Å²) in [4.78, 5) is -0.116. The standard InChI is InChI=1S/C15H11Br2F2NO2S/c16-11-7-10(18)8-12(17)15(11)23(21,22)20-6-2-4-9-3-1-5-13(19)14(9)20/h1,3,5,7-8H,2,4,6H2. The Balaban J connectivity index is 2.21. The number of sulfonamides is 1. The zero-order valence-corrected chi connectivity index (χ0v) is 15.7. The third kappa shape index (κ3) is 2.92. The van der Waals surface area contributed by atoms with E-state index in [1.165, 1.54) is 6.07 Å². The van der Waals surface area contributed by atoms with Gasteiger partial charge in [0, 0.05) is 15.5 Å². The molecule has 0 atom stereocenters. The van der Waals surface area contributed by atoms with Gasteiger partial charge in [-0.25, -0.2) is 17.2 Å². The number of fused-ring (bicyclic) bond motifs is 1. The summed E-state index contributed by atoms with van der Waals surface area (Å²) >= 11 is 6.18. The van der Waals surface area contributed by atoms with Crippen LogP contribution < -0.4 is 4.31 Å². The molecule has 0 radical (unpaired) electrons. The Morgan fingerprint density at radius 2 is 1.74 bits per heavy atom. The van der Waals surface area contributed by atoms with E-state index < -0.39 is 21.7 Å². The number of hydrogen-bond donors (Lipinski definition) is 0. The summed E-state index contributed by atoms with van der Waals surface area (Å²) in [6.45, 7) is 0.173. The number of benzene rings is 2. The van der Waals surface area contributed by atoms with Crippen molar-refractivity contribution in [2.45, 2.75) is 17.7 Å². The number of nitrogens with zero attached hydrogens (tertiary/aromatic N) is 1. The fourth-order valence-corrected chi connectivity index (χ4v) is 6.70. The molecular weight excluding hydrogens is 456 g/mol. The molecule has 0 bridgehead atoms. The van der Waals surface area contributed by atoms with E-state index in [-0.39, 0.29) is 26.1 Å². The van der Waals surface area contributed by atoms with Gasteiger partial charge in [0.15, 0.2) is 0 Å². The first kappa shape index (κ1) is 16.9. The van der Waals surface area contributed by atoms with Crippen LogP contribution in [0.4, 0.5) is 14.5 Å². The van der Waals surface area contributed by atoms with Crippen LogP contribution in [0, 0.1) is 11.6 Å². The molecule has 122 valence electrons. The van der Waals surface area contributed by atoms with Gasteiger partial charge in [-0.2, -0.15) is 0 Å². The second-order valence-electron chi connectivity index (χ2n) is 5.13. The molecule has 2 aromatic rings. The Morgan fingerprint density at radius 3 is 2.39 bits per heavy atom. The number of rotatable bonds is 2. The van der Waals surface area contributed by atoms with Crippen LogP contribution in [0.1, 0.15) is 12.0 Å². The van der Waals surface area contributed by atoms with Gasteiger partial charge in [0.1, 0.15) is 16.5 Å². The molecular formula is C15H11Br2F2NO2S. The van der Waals surface area contributed by atoms with Crippen LogP contribution in [-0.2, 0) is 16.4 Å². The molecule has 0 spiro atoms. The summed E-state index contributed by atoms with van der Waals surface area (Å²) in [7, 11) is -4.04. The number of para-hydroxylation sites is 1. The lowest BCUT2D eigenvalue weighted by Gasteiger charge is -2.31. The second-order valence-corrected chi connectivity index (χ2v) is 8.63. The quantitative estimate of drug-likeness (QED) is 0.646. The predicted octanol–water partition coefficient (Wildman–Crippen LogP) is 4.63. The highest BCUT2D eigenvalue weighted by Gasteiger charge is 2.34. The molecule has 1 aliphatic heterocycles. The summed E-state index contributed by atoms with van der Waals surface area (Å²) in [6.07, 6.45) is 1.21. The fraction of sp³-hybridized carbons (Fsp3) is 0.200. The van der Waals surface area contributed by atoms with Crippen LogP contribution in [0.3, 0.4) is 0 Å². The molecule has 3 rings (SSSR count). The summed E-state index contributed by atoms with van der Waals surface area (Å²) in [6, 6.07) is 6.66. The molecule has 1 aliphatic rings. The summed E-state index contributed by atoms with van der Waals surface area (Å²) in [5.41, 5.74) is 0.719. The molecule has 0 aliphatic carbocycles. The molecule has 0 fully saturated rings. The van der Waals surface area contributed by atoms with Gasteiger partial charge >= 0.3 is 0 Å². The van der Waals surface area contributed by atoms with Crippen molar-refractivity contribution in [2.75, 3.05) is 10.8 Å². The van der Waals surface area contributed by atoms with Gasteiger partial charge in [-0.05, 0) is 68.5 Å². The summed E-state index contributed by atoms with van der Waals surface area (Å²) < 4.78 is 55.0. The molecule has 0 aromatic heterocycles. The summed E-state index contributed by atoms with van der Waals surface area (Å²) in [5.74, 6) is -1.16. The van der Waals surface area contributed by atoms with Gasteiger partial charge < -0.3 is 0 Å². The van der Waals surface area contributed by atoms with E-state index in [0.29, 0.717) is 18.4 Å². The Labute approximate surface area is 149 Å². The highest BCUT2D eigenvalue weighted by Crippen LogP contribution is 2.39. The third-order valence-electron chi connectivity index (χ3n) is 3.64. The van der Waals surface area contributed by atoms with Gasteiger partial charge in [0.05, 0.1) is 5.69 Å². The first-order valence-corrected chi connectivity index (χ1v) is 9.79. The Morgan fingerprint density at radius 1 is 1.09 bits per heavy atom. The van der Waals surface area contributed by atoms with Gasteiger partial charge in [-0.15, -0.1) is 0 Å². The van der Waals surface area contributed by atoms with Crippen molar-refractivity contribution < 1.29 is 17.2 Å². The molecule has 0 N–H and O–H groups in total. The number of halogens is 4. The lowest BCUT2D eigenvalue weighted by Crippen LogP contribution is -2.36. The van der Waals surface area contributed by atoms with E-state index in [2.05, 4.69) is 31.9 Å². The zero-order chi connectivity index (χ0) is 16.8. The summed E-state index contributed by atoms with van der Waals surface area (Å²) in [5, 5.41) is 0. The maximum absolute atomic E-state index is 14.2. The van der Waals surface area contributed by atoms with Crippen LogP contribution >= 0.6 is 31.9 Å². The van der Waals surface area contributed by atoms with Gasteiger partial charge in [0.2, 0.25) is 0 Å². The molecule has 23 heavy (non-hydrogen) atoms. The van der Waals surface area contributed by atoms with Crippen molar-refractivity contribution in [3.8, 4) is 0 Å². The van der Waals surface area contributed by atoms with Gasteiger partial charge in [-0.3, -0.25) is 4.31 Å². The van der Waals surface area contributed by atoms with Crippen molar-refractivity contribution >= 4 is 47.6 Å². The minimum absolute atomic E-state index is 0.0712. The molecule has 0 saturated heterocycles. The number of anilines is 1. The molecule has 0 amide bonds. The average Bonchev–Trinajstić information content (AvgIpc) is 2.45. The lowest BCUT2D eigenvalue weighted by molar-refractivity contribution is 0.575. The van der Waals surface area contributed by atoms with Crippen LogP contribution in [-0.4, -0.2) is 15.0 Å². The highest BCUT2D eigenvalue weighted by molar-refractivity contribution is 9.11. The second kappa shape index (κ2) is 6.14. The first-order chi connectivity index (χ1) is 10.8.